The van der Waals surface area contributed by atoms with Gasteiger partial charge in [0.2, 0.25) is 0 Å². The van der Waals surface area contributed by atoms with E-state index < -0.39 is 5.97 Å². The Bertz CT molecular complexity index is 450. The highest BCUT2D eigenvalue weighted by molar-refractivity contribution is 5.68. The van der Waals surface area contributed by atoms with Gasteiger partial charge in [-0.3, -0.25) is 9.69 Å². The summed E-state index contributed by atoms with van der Waals surface area (Å²) in [5, 5.41) is 9.20. The molecule has 110 valence electrons. The van der Waals surface area contributed by atoms with Crippen molar-refractivity contribution >= 4 is 5.97 Å². The van der Waals surface area contributed by atoms with Gasteiger partial charge >= 0.3 is 5.97 Å². The number of carboxylic acids is 1. The van der Waals surface area contributed by atoms with Gasteiger partial charge in [0, 0.05) is 12.6 Å². The van der Waals surface area contributed by atoms with Crippen molar-refractivity contribution in [3.05, 3.63) is 35.9 Å². The molecule has 3 nitrogen and oxygen atoms in total. The first kappa shape index (κ1) is 15.0. The number of hydrogen-bond donors (Lipinski definition) is 1. The molecule has 2 unspecified atom stereocenters. The van der Waals surface area contributed by atoms with Crippen LogP contribution in [0.3, 0.4) is 0 Å². The van der Waals surface area contributed by atoms with Gasteiger partial charge in [0.05, 0.1) is 6.42 Å². The van der Waals surface area contributed by atoms with Crippen LogP contribution in [0.4, 0.5) is 0 Å². The largest absolute Gasteiger partial charge is 0.481 e. The van der Waals surface area contributed by atoms with E-state index in [4.69, 9.17) is 0 Å². The second-order valence-corrected chi connectivity index (χ2v) is 6.87. The summed E-state index contributed by atoms with van der Waals surface area (Å²) in [7, 11) is 0. The first-order chi connectivity index (χ1) is 9.38. The van der Waals surface area contributed by atoms with Crippen LogP contribution in [0, 0.1) is 11.3 Å². The lowest BCUT2D eigenvalue weighted by molar-refractivity contribution is -0.138. The van der Waals surface area contributed by atoms with Crippen LogP contribution in [0.1, 0.15) is 45.2 Å². The van der Waals surface area contributed by atoms with E-state index in [1.807, 2.05) is 30.3 Å². The standard InChI is InChI=1S/C17H25NO2/c1-17(2,3)14-9-10-18(12-14)15(11-16(19)20)13-7-5-4-6-8-13/h4-8,14-15H,9-12H2,1-3H3,(H,19,20). The summed E-state index contributed by atoms with van der Waals surface area (Å²) in [6, 6.07) is 10.0. The molecule has 1 fully saturated rings. The van der Waals surface area contributed by atoms with E-state index >= 15 is 0 Å². The summed E-state index contributed by atoms with van der Waals surface area (Å²) in [6.45, 7) is 8.81. The fraction of sp³-hybridized carbons (Fsp3) is 0.588. The molecule has 0 aliphatic carbocycles. The zero-order valence-electron chi connectivity index (χ0n) is 12.7. The third-order valence-corrected chi connectivity index (χ3v) is 4.44. The predicted molar refractivity (Wildman–Crippen MR) is 80.6 cm³/mol. The lowest BCUT2D eigenvalue weighted by atomic mass is 9.80. The minimum atomic E-state index is -0.724. The van der Waals surface area contributed by atoms with Crippen LogP contribution >= 0.6 is 0 Å². The number of carbonyl (C=O) groups is 1. The Balaban J connectivity index is 2.15. The van der Waals surface area contributed by atoms with E-state index in [9.17, 15) is 9.90 Å². The average molecular weight is 275 g/mol. The van der Waals surface area contributed by atoms with E-state index in [1.54, 1.807) is 0 Å². The average Bonchev–Trinajstić information content (AvgIpc) is 2.86. The van der Waals surface area contributed by atoms with Crippen molar-refractivity contribution in [1.29, 1.82) is 0 Å². The van der Waals surface area contributed by atoms with Crippen LogP contribution in [0.5, 0.6) is 0 Å². The smallest absolute Gasteiger partial charge is 0.305 e. The Morgan fingerprint density at radius 1 is 1.35 bits per heavy atom. The van der Waals surface area contributed by atoms with Gasteiger partial charge in [-0.1, -0.05) is 51.1 Å². The van der Waals surface area contributed by atoms with Crippen molar-refractivity contribution < 1.29 is 9.90 Å². The molecular weight excluding hydrogens is 250 g/mol. The summed E-state index contributed by atoms with van der Waals surface area (Å²) in [5.41, 5.74) is 1.41. The van der Waals surface area contributed by atoms with Gasteiger partial charge in [0.15, 0.2) is 0 Å². The number of likely N-dealkylation sites (tertiary alicyclic amines) is 1. The first-order valence-corrected chi connectivity index (χ1v) is 7.38. The van der Waals surface area contributed by atoms with E-state index in [1.165, 1.54) is 0 Å². The number of nitrogens with zero attached hydrogens (tertiary/aromatic N) is 1. The van der Waals surface area contributed by atoms with Crippen LogP contribution in [0.25, 0.3) is 0 Å². The van der Waals surface area contributed by atoms with Gasteiger partial charge in [-0.05, 0) is 29.9 Å². The monoisotopic (exact) mass is 275 g/mol. The molecule has 0 spiro atoms. The lowest BCUT2D eigenvalue weighted by Crippen LogP contribution is -2.30. The SMILES string of the molecule is CC(C)(C)C1CCN(C(CC(=O)O)c2ccccc2)C1. The zero-order valence-corrected chi connectivity index (χ0v) is 12.7. The summed E-state index contributed by atoms with van der Waals surface area (Å²) < 4.78 is 0. The normalized spacial score (nSPS) is 21.9. The first-order valence-electron chi connectivity index (χ1n) is 7.38. The number of benzene rings is 1. The summed E-state index contributed by atoms with van der Waals surface area (Å²) in [4.78, 5) is 13.5. The molecule has 0 aromatic heterocycles. The molecule has 2 rings (SSSR count). The van der Waals surface area contributed by atoms with Gasteiger partial charge in [0.25, 0.3) is 0 Å². The topological polar surface area (TPSA) is 40.5 Å². The molecule has 1 aromatic rings. The summed E-state index contributed by atoms with van der Waals surface area (Å²) >= 11 is 0. The van der Waals surface area contributed by atoms with Crippen LogP contribution < -0.4 is 0 Å². The minimum absolute atomic E-state index is 0.000972. The second kappa shape index (κ2) is 5.96. The maximum absolute atomic E-state index is 11.2. The molecule has 0 radical (unpaired) electrons. The Kier molecular flexibility index (Phi) is 4.48. The third-order valence-electron chi connectivity index (χ3n) is 4.44. The molecule has 0 saturated carbocycles. The van der Waals surface area contributed by atoms with Gasteiger partial charge in [-0.25, -0.2) is 0 Å². The van der Waals surface area contributed by atoms with Crippen molar-refractivity contribution in [2.75, 3.05) is 13.1 Å². The van der Waals surface area contributed by atoms with Gasteiger partial charge in [-0.2, -0.15) is 0 Å². The molecule has 0 amide bonds. The fourth-order valence-corrected chi connectivity index (χ4v) is 3.08. The quantitative estimate of drug-likeness (QED) is 0.913. The van der Waals surface area contributed by atoms with Gasteiger partial charge in [-0.15, -0.1) is 0 Å². The lowest BCUT2D eigenvalue weighted by Gasteiger charge is -2.30. The molecule has 1 aromatic carbocycles. The maximum atomic E-state index is 11.2. The molecular formula is C17H25NO2. The van der Waals surface area contributed by atoms with Crippen molar-refractivity contribution in [2.24, 2.45) is 11.3 Å². The molecule has 0 bridgehead atoms. The van der Waals surface area contributed by atoms with Crippen molar-refractivity contribution in [2.45, 2.75) is 39.7 Å². The predicted octanol–water partition coefficient (Wildman–Crippen LogP) is 3.57. The van der Waals surface area contributed by atoms with Crippen molar-refractivity contribution in [3.63, 3.8) is 0 Å². The maximum Gasteiger partial charge on any atom is 0.305 e. The Morgan fingerprint density at radius 3 is 2.50 bits per heavy atom. The Morgan fingerprint density at radius 2 is 2.00 bits per heavy atom. The summed E-state index contributed by atoms with van der Waals surface area (Å²) in [6.07, 6.45) is 1.34. The number of aliphatic carboxylic acids is 1. The van der Waals surface area contributed by atoms with E-state index in [0.29, 0.717) is 11.3 Å². The Hall–Kier alpha value is -1.35. The van der Waals surface area contributed by atoms with Crippen molar-refractivity contribution in [1.82, 2.24) is 4.90 Å². The van der Waals surface area contributed by atoms with Crippen LogP contribution in [-0.4, -0.2) is 29.1 Å². The van der Waals surface area contributed by atoms with Crippen molar-refractivity contribution in [3.8, 4) is 0 Å². The highest BCUT2D eigenvalue weighted by atomic mass is 16.4. The molecule has 1 N–H and O–H groups in total. The highest BCUT2D eigenvalue weighted by Crippen LogP contribution is 2.38. The highest BCUT2D eigenvalue weighted by Gasteiger charge is 2.35. The molecule has 1 heterocycles. The third kappa shape index (κ3) is 3.60. The number of carboxylic acid groups (broad SMARTS) is 1. The van der Waals surface area contributed by atoms with Crippen LogP contribution in [0.15, 0.2) is 30.3 Å². The molecule has 1 aliphatic rings. The minimum Gasteiger partial charge on any atom is -0.481 e. The molecule has 3 heteroatoms. The van der Waals surface area contributed by atoms with Gasteiger partial charge in [0.1, 0.15) is 0 Å². The molecule has 1 saturated heterocycles. The van der Waals surface area contributed by atoms with E-state index in [2.05, 4.69) is 25.7 Å². The number of rotatable bonds is 4. The number of hydrogen-bond acceptors (Lipinski definition) is 2. The molecule has 2 atom stereocenters. The molecule has 1 aliphatic heterocycles. The van der Waals surface area contributed by atoms with E-state index in [-0.39, 0.29) is 12.5 Å². The van der Waals surface area contributed by atoms with Crippen LogP contribution in [0.2, 0.25) is 0 Å². The zero-order chi connectivity index (χ0) is 14.8. The van der Waals surface area contributed by atoms with Crippen LogP contribution in [-0.2, 0) is 4.79 Å². The van der Waals surface area contributed by atoms with Gasteiger partial charge < -0.3 is 5.11 Å². The molecule has 20 heavy (non-hydrogen) atoms. The second-order valence-electron chi connectivity index (χ2n) is 6.87. The Labute approximate surface area is 121 Å². The fourth-order valence-electron chi connectivity index (χ4n) is 3.08. The van der Waals surface area contributed by atoms with E-state index in [0.717, 1.165) is 25.1 Å². The summed E-state index contributed by atoms with van der Waals surface area (Å²) in [5.74, 6) is -0.0828.